The molecule has 0 aliphatic heterocycles. The Balaban J connectivity index is 1.54. The highest BCUT2D eigenvalue weighted by Gasteiger charge is 2.15. The van der Waals surface area contributed by atoms with Gasteiger partial charge in [-0.1, -0.05) is 30.3 Å². The predicted octanol–water partition coefficient (Wildman–Crippen LogP) is 2.90. The number of hydrogen-bond acceptors (Lipinski definition) is 5. The van der Waals surface area contributed by atoms with Crippen molar-refractivity contribution < 1.29 is 17.9 Å². The van der Waals surface area contributed by atoms with Crippen molar-refractivity contribution in [3.63, 3.8) is 0 Å². The molecule has 0 fully saturated rings. The van der Waals surface area contributed by atoms with Crippen molar-refractivity contribution in [3.8, 4) is 5.75 Å². The minimum atomic E-state index is -3.73. The summed E-state index contributed by atoms with van der Waals surface area (Å²) in [6.07, 6.45) is 3.73. The summed E-state index contributed by atoms with van der Waals surface area (Å²) in [6.45, 7) is 4.37. The van der Waals surface area contributed by atoms with E-state index in [9.17, 15) is 13.2 Å². The first-order valence-electron chi connectivity index (χ1n) is 9.46. The molecule has 0 radical (unpaired) electrons. The minimum Gasteiger partial charge on any atom is -0.491 e. The lowest BCUT2D eigenvalue weighted by Crippen LogP contribution is -2.27. The number of hydrogen-bond donors (Lipinski definition) is 2. The molecule has 0 atom stereocenters. The standard InChI is InChI=1S/C22H23N3O4S/c1-2-12-24-22(26)18-8-3-10-19(16-18)30(27,28)25-14-6-15-29-20-11-4-7-17-9-5-13-23-21(17)20/h2-5,7-11,13,16,25H,1,6,12,14-15H2,(H,24,26). The number of rotatable bonds is 10. The molecule has 156 valence electrons. The molecule has 0 unspecified atom stereocenters. The molecule has 0 aliphatic rings. The molecule has 0 aliphatic carbocycles. The van der Waals surface area contributed by atoms with Crippen LogP contribution in [-0.4, -0.2) is 39.0 Å². The summed E-state index contributed by atoms with van der Waals surface area (Å²) in [7, 11) is -3.73. The number of amides is 1. The molecule has 0 spiro atoms. The second-order valence-corrected chi connectivity index (χ2v) is 8.22. The Morgan fingerprint density at radius 1 is 1.13 bits per heavy atom. The van der Waals surface area contributed by atoms with Gasteiger partial charge in [-0.05, 0) is 36.8 Å². The van der Waals surface area contributed by atoms with Crippen molar-refractivity contribution >= 4 is 26.8 Å². The lowest BCUT2D eigenvalue weighted by atomic mass is 10.2. The van der Waals surface area contributed by atoms with Crippen molar-refractivity contribution in [1.29, 1.82) is 0 Å². The maximum Gasteiger partial charge on any atom is 0.251 e. The van der Waals surface area contributed by atoms with Gasteiger partial charge in [0, 0.05) is 30.2 Å². The van der Waals surface area contributed by atoms with Crippen LogP contribution in [0.1, 0.15) is 16.8 Å². The van der Waals surface area contributed by atoms with Crippen LogP contribution in [0.5, 0.6) is 5.75 Å². The number of nitrogens with one attached hydrogen (secondary N) is 2. The van der Waals surface area contributed by atoms with Crippen LogP contribution < -0.4 is 14.8 Å². The lowest BCUT2D eigenvalue weighted by molar-refractivity contribution is 0.0958. The average Bonchev–Trinajstić information content (AvgIpc) is 2.77. The largest absolute Gasteiger partial charge is 0.491 e. The Hall–Kier alpha value is -3.23. The van der Waals surface area contributed by atoms with Crippen LogP contribution in [0.25, 0.3) is 10.9 Å². The summed E-state index contributed by atoms with van der Waals surface area (Å²) in [4.78, 5) is 16.4. The van der Waals surface area contributed by atoms with Gasteiger partial charge in [-0.2, -0.15) is 0 Å². The monoisotopic (exact) mass is 425 g/mol. The highest BCUT2D eigenvalue weighted by Crippen LogP contribution is 2.22. The molecule has 30 heavy (non-hydrogen) atoms. The molecule has 1 aromatic heterocycles. The molecule has 0 saturated heterocycles. The van der Waals surface area contributed by atoms with Crippen molar-refractivity contribution in [3.05, 3.63) is 79.0 Å². The highest BCUT2D eigenvalue weighted by molar-refractivity contribution is 7.89. The van der Waals surface area contributed by atoms with E-state index in [1.807, 2.05) is 30.3 Å². The number of nitrogens with zero attached hydrogens (tertiary/aromatic N) is 1. The van der Waals surface area contributed by atoms with Crippen molar-refractivity contribution in [1.82, 2.24) is 15.0 Å². The second-order valence-electron chi connectivity index (χ2n) is 6.46. The number of pyridine rings is 1. The molecular formula is C22H23N3O4S. The van der Waals surface area contributed by atoms with Crippen LogP contribution in [-0.2, 0) is 10.0 Å². The summed E-state index contributed by atoms with van der Waals surface area (Å²) in [6, 6.07) is 15.4. The van der Waals surface area contributed by atoms with E-state index in [-0.39, 0.29) is 22.9 Å². The number of fused-ring (bicyclic) bond motifs is 1. The lowest BCUT2D eigenvalue weighted by Gasteiger charge is -2.10. The maximum absolute atomic E-state index is 12.5. The summed E-state index contributed by atoms with van der Waals surface area (Å²) < 4.78 is 33.3. The van der Waals surface area contributed by atoms with Gasteiger partial charge in [0.05, 0.1) is 11.5 Å². The topological polar surface area (TPSA) is 97.4 Å². The molecular weight excluding hydrogens is 402 g/mol. The third kappa shape index (κ3) is 5.43. The van der Waals surface area contributed by atoms with Gasteiger partial charge in [0.25, 0.3) is 5.91 Å². The SMILES string of the molecule is C=CCNC(=O)c1cccc(S(=O)(=O)NCCCOc2cccc3cccnc23)c1. The quantitative estimate of drug-likeness (QED) is 0.385. The zero-order valence-electron chi connectivity index (χ0n) is 16.4. The smallest absolute Gasteiger partial charge is 0.251 e. The normalized spacial score (nSPS) is 11.2. The van der Waals surface area contributed by atoms with Gasteiger partial charge in [-0.25, -0.2) is 13.1 Å². The van der Waals surface area contributed by atoms with Crippen molar-refractivity contribution in [2.75, 3.05) is 19.7 Å². The number of carbonyl (C=O) groups is 1. The van der Waals surface area contributed by atoms with E-state index in [2.05, 4.69) is 21.6 Å². The molecule has 8 heteroatoms. The number of aromatic nitrogens is 1. The highest BCUT2D eigenvalue weighted by atomic mass is 32.2. The fourth-order valence-corrected chi connectivity index (χ4v) is 3.93. The summed E-state index contributed by atoms with van der Waals surface area (Å²) in [5.41, 5.74) is 1.04. The van der Waals surface area contributed by atoms with E-state index in [0.717, 1.165) is 10.9 Å². The fraction of sp³-hybridized carbons (Fsp3) is 0.182. The Kier molecular flexibility index (Phi) is 7.16. The number of benzene rings is 2. The van der Waals surface area contributed by atoms with Gasteiger partial charge < -0.3 is 10.1 Å². The first-order chi connectivity index (χ1) is 14.5. The number of para-hydroxylation sites is 1. The van der Waals surface area contributed by atoms with Crippen molar-refractivity contribution in [2.24, 2.45) is 0 Å². The van der Waals surface area contributed by atoms with E-state index < -0.39 is 10.0 Å². The zero-order chi connectivity index (χ0) is 21.4. The summed E-state index contributed by atoms with van der Waals surface area (Å²) in [5, 5.41) is 3.60. The summed E-state index contributed by atoms with van der Waals surface area (Å²) in [5.74, 6) is 0.304. The van der Waals surface area contributed by atoms with Crippen LogP contribution in [0.4, 0.5) is 0 Å². The molecule has 3 aromatic rings. The summed E-state index contributed by atoms with van der Waals surface area (Å²) >= 11 is 0. The van der Waals surface area contributed by atoms with E-state index in [0.29, 0.717) is 25.3 Å². The molecule has 3 rings (SSSR count). The Labute approximate surface area is 175 Å². The molecule has 1 amide bonds. The van der Waals surface area contributed by atoms with Crippen LogP contribution in [0.2, 0.25) is 0 Å². The Morgan fingerprint density at radius 2 is 1.93 bits per heavy atom. The van der Waals surface area contributed by atoms with Crippen LogP contribution in [0.3, 0.4) is 0 Å². The van der Waals surface area contributed by atoms with Crippen molar-refractivity contribution in [2.45, 2.75) is 11.3 Å². The van der Waals surface area contributed by atoms with E-state index in [1.165, 1.54) is 18.2 Å². The molecule has 1 heterocycles. The van der Waals surface area contributed by atoms with Crippen LogP contribution in [0, 0.1) is 0 Å². The third-order valence-corrected chi connectivity index (χ3v) is 5.74. The van der Waals surface area contributed by atoms with Crippen LogP contribution in [0.15, 0.2) is 78.3 Å². The molecule has 0 bridgehead atoms. The van der Waals surface area contributed by atoms with Crippen LogP contribution >= 0.6 is 0 Å². The molecule has 2 N–H and O–H groups in total. The molecule has 7 nitrogen and oxygen atoms in total. The van der Waals surface area contributed by atoms with E-state index in [4.69, 9.17) is 4.74 Å². The third-order valence-electron chi connectivity index (χ3n) is 4.28. The van der Waals surface area contributed by atoms with E-state index in [1.54, 1.807) is 18.3 Å². The number of sulfonamides is 1. The number of ether oxygens (including phenoxy) is 1. The second kappa shape index (κ2) is 10.00. The minimum absolute atomic E-state index is 0.0351. The maximum atomic E-state index is 12.5. The van der Waals surface area contributed by atoms with Gasteiger partial charge in [-0.3, -0.25) is 9.78 Å². The van der Waals surface area contributed by atoms with Gasteiger partial charge >= 0.3 is 0 Å². The van der Waals surface area contributed by atoms with E-state index >= 15 is 0 Å². The predicted molar refractivity (Wildman–Crippen MR) is 116 cm³/mol. The Morgan fingerprint density at radius 3 is 2.77 bits per heavy atom. The Bertz CT molecular complexity index is 1140. The first-order valence-corrected chi connectivity index (χ1v) is 10.9. The van der Waals surface area contributed by atoms with Gasteiger partial charge in [0.15, 0.2) is 0 Å². The fourth-order valence-electron chi connectivity index (χ4n) is 2.81. The molecule has 2 aromatic carbocycles. The first kappa shape index (κ1) is 21.5. The molecule has 0 saturated carbocycles. The van der Waals surface area contributed by atoms with Gasteiger partial charge in [-0.15, -0.1) is 6.58 Å². The average molecular weight is 426 g/mol. The number of carbonyl (C=O) groups excluding carboxylic acids is 1. The zero-order valence-corrected chi connectivity index (χ0v) is 17.2. The van der Waals surface area contributed by atoms with Gasteiger partial charge in [0.2, 0.25) is 10.0 Å². The van der Waals surface area contributed by atoms with Gasteiger partial charge in [0.1, 0.15) is 11.3 Å².